The Balaban J connectivity index is 3.27. The Labute approximate surface area is 83.7 Å². The molecule has 5 nitrogen and oxygen atoms in total. The molecule has 6 heteroatoms. The SMILES string of the molecule is C=CC(=O)NCCCCOP(C)(=O)[O-]. The Hall–Kier alpha value is -0.640. The van der Waals surface area contributed by atoms with E-state index in [1.165, 1.54) is 6.08 Å². The summed E-state index contributed by atoms with van der Waals surface area (Å²) >= 11 is 0. The van der Waals surface area contributed by atoms with Gasteiger partial charge in [0.15, 0.2) is 0 Å². The summed E-state index contributed by atoms with van der Waals surface area (Å²) < 4.78 is 15.1. The van der Waals surface area contributed by atoms with Crippen molar-refractivity contribution in [1.82, 2.24) is 5.32 Å². The molecular formula is C8H15NO4P-. The van der Waals surface area contributed by atoms with E-state index in [1.54, 1.807) is 0 Å². The molecule has 1 N–H and O–H groups in total. The lowest BCUT2D eigenvalue weighted by molar-refractivity contribution is -0.196. The van der Waals surface area contributed by atoms with E-state index in [4.69, 9.17) is 0 Å². The predicted octanol–water partition coefficient (Wildman–Crippen LogP) is 0.269. The fourth-order valence-corrected chi connectivity index (χ4v) is 1.20. The van der Waals surface area contributed by atoms with Crippen molar-refractivity contribution in [2.24, 2.45) is 0 Å². The van der Waals surface area contributed by atoms with Crippen molar-refractivity contribution in [2.75, 3.05) is 19.8 Å². The molecule has 1 unspecified atom stereocenters. The average molecular weight is 220 g/mol. The van der Waals surface area contributed by atoms with Gasteiger partial charge in [-0.05, 0) is 18.9 Å². The van der Waals surface area contributed by atoms with Crippen molar-refractivity contribution < 1.29 is 18.8 Å². The Morgan fingerprint density at radius 1 is 1.64 bits per heavy atom. The summed E-state index contributed by atoms with van der Waals surface area (Å²) in [5.74, 6) is -0.226. The van der Waals surface area contributed by atoms with Crippen LogP contribution >= 0.6 is 7.60 Å². The molecule has 0 aromatic heterocycles. The quantitative estimate of drug-likeness (QED) is 0.379. The van der Waals surface area contributed by atoms with E-state index in [1.807, 2.05) is 0 Å². The van der Waals surface area contributed by atoms with Gasteiger partial charge in [-0.25, -0.2) is 0 Å². The first kappa shape index (κ1) is 13.4. The summed E-state index contributed by atoms with van der Waals surface area (Å²) in [5, 5.41) is 2.57. The lowest BCUT2D eigenvalue weighted by Crippen LogP contribution is -2.22. The van der Waals surface area contributed by atoms with E-state index in [0.29, 0.717) is 19.4 Å². The van der Waals surface area contributed by atoms with Crippen LogP contribution in [0.4, 0.5) is 0 Å². The summed E-state index contributed by atoms with van der Waals surface area (Å²) in [4.78, 5) is 21.2. The molecule has 0 radical (unpaired) electrons. The van der Waals surface area contributed by atoms with Gasteiger partial charge >= 0.3 is 0 Å². The first-order valence-corrected chi connectivity index (χ1v) is 6.28. The molecule has 14 heavy (non-hydrogen) atoms. The molecule has 0 fully saturated rings. The second-order valence-electron chi connectivity index (χ2n) is 2.81. The number of carbonyl (C=O) groups is 1. The first-order chi connectivity index (χ1) is 6.45. The van der Waals surface area contributed by atoms with Gasteiger partial charge in [-0.3, -0.25) is 4.79 Å². The van der Waals surface area contributed by atoms with E-state index in [2.05, 4.69) is 16.4 Å². The fraction of sp³-hybridized carbons (Fsp3) is 0.625. The Morgan fingerprint density at radius 3 is 2.79 bits per heavy atom. The van der Waals surface area contributed by atoms with E-state index >= 15 is 0 Å². The van der Waals surface area contributed by atoms with E-state index in [0.717, 1.165) is 6.66 Å². The van der Waals surface area contributed by atoms with E-state index in [-0.39, 0.29) is 12.5 Å². The molecule has 0 saturated carbocycles. The van der Waals surface area contributed by atoms with Crippen molar-refractivity contribution >= 4 is 13.5 Å². The molecule has 82 valence electrons. The molecule has 1 atom stereocenters. The third kappa shape index (κ3) is 9.45. The summed E-state index contributed by atoms with van der Waals surface area (Å²) in [6.07, 6.45) is 2.46. The highest BCUT2D eigenvalue weighted by molar-refractivity contribution is 7.50. The standard InChI is InChI=1S/C8H16NO4P/c1-3-8(10)9-6-4-5-7-13-14(2,11)12/h3H,1,4-7H2,2H3,(H,9,10)(H,11,12)/p-1. The monoisotopic (exact) mass is 220 g/mol. The smallest absolute Gasteiger partial charge is 0.243 e. The largest absolute Gasteiger partial charge is 0.779 e. The maximum absolute atomic E-state index is 10.6. The molecule has 0 heterocycles. The predicted molar refractivity (Wildman–Crippen MR) is 51.9 cm³/mol. The second kappa shape index (κ2) is 6.76. The van der Waals surface area contributed by atoms with Crippen molar-refractivity contribution in [3.63, 3.8) is 0 Å². The summed E-state index contributed by atoms with van der Waals surface area (Å²) in [6, 6.07) is 0. The number of hydrogen-bond acceptors (Lipinski definition) is 4. The minimum absolute atomic E-state index is 0.168. The summed E-state index contributed by atoms with van der Waals surface area (Å²) in [5.41, 5.74) is 0. The number of amides is 1. The zero-order chi connectivity index (χ0) is 11.0. The van der Waals surface area contributed by atoms with Gasteiger partial charge in [0, 0.05) is 13.2 Å². The highest BCUT2D eigenvalue weighted by Gasteiger charge is 1.98. The van der Waals surface area contributed by atoms with Crippen LogP contribution in [0.3, 0.4) is 0 Å². The molecule has 0 aromatic rings. The zero-order valence-corrected chi connectivity index (χ0v) is 9.09. The Morgan fingerprint density at radius 2 is 2.29 bits per heavy atom. The van der Waals surface area contributed by atoms with Crippen LogP contribution in [0.25, 0.3) is 0 Å². The van der Waals surface area contributed by atoms with Crippen LogP contribution in [0, 0.1) is 0 Å². The van der Waals surface area contributed by atoms with Crippen LogP contribution in [0.2, 0.25) is 0 Å². The van der Waals surface area contributed by atoms with Gasteiger partial charge in [-0.15, -0.1) is 0 Å². The molecule has 0 bridgehead atoms. The molecule has 0 aliphatic heterocycles. The van der Waals surface area contributed by atoms with Gasteiger partial charge < -0.3 is 19.3 Å². The van der Waals surface area contributed by atoms with Gasteiger partial charge in [-0.2, -0.15) is 0 Å². The molecule has 0 aromatic carbocycles. The van der Waals surface area contributed by atoms with E-state index in [9.17, 15) is 14.3 Å². The van der Waals surface area contributed by atoms with Gasteiger partial charge in [0.25, 0.3) is 0 Å². The number of rotatable bonds is 7. The Bertz CT molecular complexity index is 235. The van der Waals surface area contributed by atoms with Crippen molar-refractivity contribution in [3.05, 3.63) is 12.7 Å². The lowest BCUT2D eigenvalue weighted by atomic mass is 10.3. The van der Waals surface area contributed by atoms with Crippen molar-refractivity contribution in [1.29, 1.82) is 0 Å². The van der Waals surface area contributed by atoms with Crippen LogP contribution in [0.1, 0.15) is 12.8 Å². The normalized spacial score (nSPS) is 14.4. The topological polar surface area (TPSA) is 78.5 Å². The minimum atomic E-state index is -3.59. The second-order valence-corrected chi connectivity index (χ2v) is 4.61. The van der Waals surface area contributed by atoms with Gasteiger partial charge in [0.2, 0.25) is 5.91 Å². The molecule has 0 aliphatic rings. The molecule has 0 rings (SSSR count). The number of carbonyl (C=O) groups excluding carboxylic acids is 1. The first-order valence-electron chi connectivity index (χ1n) is 4.29. The Kier molecular flexibility index (Phi) is 6.45. The van der Waals surface area contributed by atoms with Crippen molar-refractivity contribution in [3.8, 4) is 0 Å². The van der Waals surface area contributed by atoms with Crippen LogP contribution in [-0.2, 0) is 13.9 Å². The average Bonchev–Trinajstić information content (AvgIpc) is 2.08. The molecule has 1 amide bonds. The summed E-state index contributed by atoms with van der Waals surface area (Å²) in [7, 11) is -3.59. The van der Waals surface area contributed by atoms with Gasteiger partial charge in [0.05, 0.1) is 6.61 Å². The maximum atomic E-state index is 10.6. The van der Waals surface area contributed by atoms with Crippen LogP contribution in [0.5, 0.6) is 0 Å². The minimum Gasteiger partial charge on any atom is -0.779 e. The highest BCUT2D eigenvalue weighted by Crippen LogP contribution is 2.30. The van der Waals surface area contributed by atoms with E-state index < -0.39 is 7.60 Å². The number of hydrogen-bond donors (Lipinski definition) is 1. The third-order valence-electron chi connectivity index (χ3n) is 1.38. The molecular weight excluding hydrogens is 205 g/mol. The molecule has 0 aliphatic carbocycles. The highest BCUT2D eigenvalue weighted by atomic mass is 31.2. The van der Waals surface area contributed by atoms with Gasteiger partial charge in [0.1, 0.15) is 7.60 Å². The molecule has 0 saturated heterocycles. The zero-order valence-electron chi connectivity index (χ0n) is 8.19. The maximum Gasteiger partial charge on any atom is 0.243 e. The van der Waals surface area contributed by atoms with Gasteiger partial charge in [-0.1, -0.05) is 6.58 Å². The van der Waals surface area contributed by atoms with Crippen molar-refractivity contribution in [2.45, 2.75) is 12.8 Å². The van der Waals surface area contributed by atoms with Crippen LogP contribution < -0.4 is 10.2 Å². The number of unbranched alkanes of at least 4 members (excludes halogenated alkanes) is 1. The number of nitrogens with one attached hydrogen (secondary N) is 1. The third-order valence-corrected chi connectivity index (χ3v) is 2.03. The molecule has 0 spiro atoms. The van der Waals surface area contributed by atoms with Crippen LogP contribution in [0.15, 0.2) is 12.7 Å². The summed E-state index contributed by atoms with van der Waals surface area (Å²) in [6.45, 7) is 5.00. The fourth-order valence-electron chi connectivity index (χ4n) is 0.741. The lowest BCUT2D eigenvalue weighted by Gasteiger charge is -2.17. The van der Waals surface area contributed by atoms with Crippen LogP contribution in [-0.4, -0.2) is 25.7 Å².